The van der Waals surface area contributed by atoms with E-state index in [1.54, 1.807) is 60.7 Å². The summed E-state index contributed by atoms with van der Waals surface area (Å²) in [5.41, 5.74) is 1.10. The van der Waals surface area contributed by atoms with Gasteiger partial charge in [-0.2, -0.15) is 0 Å². The molecule has 46 heavy (non-hydrogen) atoms. The smallest absolute Gasteiger partial charge is 0.480 e. The lowest BCUT2D eigenvalue weighted by Crippen LogP contribution is -2.66. The minimum atomic E-state index is -2.71. The summed E-state index contributed by atoms with van der Waals surface area (Å²) in [7, 11) is 0.954. The van der Waals surface area contributed by atoms with Crippen LogP contribution in [0.25, 0.3) is 0 Å². The molecule has 16 nitrogen and oxygen atoms in total. The van der Waals surface area contributed by atoms with Crippen LogP contribution in [0.5, 0.6) is 0 Å². The molecule has 6 atom stereocenters. The van der Waals surface area contributed by atoms with Crippen LogP contribution in [0.2, 0.25) is 0 Å². The number of carbonyl (C=O) groups is 6. The van der Waals surface area contributed by atoms with E-state index in [0.717, 1.165) is 27.9 Å². The first-order chi connectivity index (χ1) is 21.9. The van der Waals surface area contributed by atoms with E-state index < -0.39 is 72.6 Å². The lowest BCUT2D eigenvalue weighted by Gasteiger charge is -2.39. The number of nitrogens with one attached hydrogen (secondary N) is 1. The number of carboxylic acid groups (broad SMARTS) is 1. The predicted molar refractivity (Wildman–Crippen MR) is 150 cm³/mol. The van der Waals surface area contributed by atoms with E-state index in [0.29, 0.717) is 11.1 Å². The summed E-state index contributed by atoms with van der Waals surface area (Å²) in [5.74, 6) is -7.44. The third-order valence-corrected chi connectivity index (χ3v) is 6.33. The fraction of sp³-hybridized carbons (Fsp3) is 0.400. The molecule has 0 aliphatic carbocycles. The predicted octanol–water partition coefficient (Wildman–Crippen LogP) is 2.21. The molecule has 1 heterocycles. The summed E-state index contributed by atoms with van der Waals surface area (Å²) in [4.78, 5) is 74.8. The molecule has 1 saturated heterocycles. The molecule has 0 spiro atoms. The van der Waals surface area contributed by atoms with Crippen LogP contribution in [-0.4, -0.2) is 84.8 Å². The standard InChI is InChI=1S/C30H33NO15/c1-17(32)42-23-25(43-18(2)33)30(39-4,46-27(23)44-19(3)34)24(45-29(38)41-16-21-13-9-6-10-14-21)22(26(35)36)31-28(37)40-15-20-11-7-5-8-12-20/h5-14,22-25,27H,15-16H2,1-4H3,(H,31,37)(H,35,36)/t22-,23-,24-,25-,27+,30+/m1/s1. The van der Waals surface area contributed by atoms with Crippen molar-refractivity contribution in [2.75, 3.05) is 7.11 Å². The van der Waals surface area contributed by atoms with E-state index >= 15 is 0 Å². The molecule has 0 bridgehead atoms. The van der Waals surface area contributed by atoms with Crippen LogP contribution in [0.1, 0.15) is 31.9 Å². The average molecular weight is 648 g/mol. The van der Waals surface area contributed by atoms with Gasteiger partial charge in [-0.1, -0.05) is 60.7 Å². The van der Waals surface area contributed by atoms with Crippen molar-refractivity contribution in [2.45, 2.75) is 70.4 Å². The molecule has 0 unspecified atom stereocenters. The van der Waals surface area contributed by atoms with Crippen molar-refractivity contribution < 1.29 is 71.8 Å². The fourth-order valence-corrected chi connectivity index (χ4v) is 4.48. The molecule has 1 aliphatic rings. The first kappa shape index (κ1) is 35.3. The maximum atomic E-state index is 13.0. The van der Waals surface area contributed by atoms with Gasteiger partial charge in [0.1, 0.15) is 13.2 Å². The number of aliphatic carboxylic acids is 1. The lowest BCUT2D eigenvalue weighted by atomic mass is 9.94. The van der Waals surface area contributed by atoms with Crippen LogP contribution >= 0.6 is 0 Å². The van der Waals surface area contributed by atoms with Gasteiger partial charge in [-0.05, 0) is 11.1 Å². The Morgan fingerprint density at radius 2 is 1.33 bits per heavy atom. The monoisotopic (exact) mass is 647 g/mol. The Labute approximate surface area is 262 Å². The van der Waals surface area contributed by atoms with Gasteiger partial charge < -0.3 is 43.6 Å². The third kappa shape index (κ3) is 9.39. The summed E-state index contributed by atoms with van der Waals surface area (Å²) in [5, 5.41) is 12.3. The highest BCUT2D eigenvalue weighted by Crippen LogP contribution is 2.42. The molecule has 1 amide bonds. The van der Waals surface area contributed by atoms with Crippen molar-refractivity contribution in [3.8, 4) is 0 Å². The first-order valence-electron chi connectivity index (χ1n) is 13.7. The fourth-order valence-electron chi connectivity index (χ4n) is 4.48. The van der Waals surface area contributed by atoms with Crippen LogP contribution in [-0.2, 0) is 70.3 Å². The number of rotatable bonds is 13. The number of benzene rings is 2. The minimum Gasteiger partial charge on any atom is -0.480 e. The second-order valence-electron chi connectivity index (χ2n) is 9.71. The Morgan fingerprint density at radius 1 is 0.804 bits per heavy atom. The molecule has 2 aromatic carbocycles. The average Bonchev–Trinajstić information content (AvgIpc) is 3.28. The molecule has 16 heteroatoms. The number of ether oxygens (including phenoxy) is 8. The summed E-state index contributed by atoms with van der Waals surface area (Å²) in [6, 6.07) is 14.5. The van der Waals surface area contributed by atoms with Crippen molar-refractivity contribution in [1.29, 1.82) is 0 Å². The van der Waals surface area contributed by atoms with E-state index in [1.807, 2.05) is 0 Å². The van der Waals surface area contributed by atoms with Gasteiger partial charge in [0, 0.05) is 27.9 Å². The van der Waals surface area contributed by atoms with Gasteiger partial charge in [-0.25, -0.2) is 14.4 Å². The number of amides is 1. The van der Waals surface area contributed by atoms with Gasteiger partial charge in [-0.3, -0.25) is 19.1 Å². The quantitative estimate of drug-likeness (QED) is 0.236. The van der Waals surface area contributed by atoms with Gasteiger partial charge in [0.05, 0.1) is 0 Å². The van der Waals surface area contributed by atoms with E-state index in [4.69, 9.17) is 37.9 Å². The zero-order chi connectivity index (χ0) is 33.9. The van der Waals surface area contributed by atoms with Crippen molar-refractivity contribution in [2.24, 2.45) is 0 Å². The van der Waals surface area contributed by atoms with E-state index in [-0.39, 0.29) is 13.2 Å². The van der Waals surface area contributed by atoms with Crippen LogP contribution in [0.4, 0.5) is 9.59 Å². The van der Waals surface area contributed by atoms with Gasteiger partial charge in [-0.15, -0.1) is 0 Å². The number of methoxy groups -OCH3 is 1. The number of alkyl carbamates (subject to hydrolysis) is 1. The van der Waals surface area contributed by atoms with Crippen LogP contribution in [0, 0.1) is 0 Å². The maximum Gasteiger partial charge on any atom is 0.509 e. The summed E-state index contributed by atoms with van der Waals surface area (Å²) in [6.07, 6.45) is -10.6. The summed E-state index contributed by atoms with van der Waals surface area (Å²) < 4.78 is 42.8. The number of carbonyl (C=O) groups excluding carboxylic acids is 5. The van der Waals surface area contributed by atoms with Crippen molar-refractivity contribution in [3.05, 3.63) is 71.8 Å². The van der Waals surface area contributed by atoms with Crippen molar-refractivity contribution in [1.82, 2.24) is 5.32 Å². The third-order valence-electron chi connectivity index (χ3n) is 6.33. The molecular weight excluding hydrogens is 614 g/mol. The van der Waals surface area contributed by atoms with E-state index in [1.165, 1.54) is 0 Å². The molecule has 0 radical (unpaired) electrons. The highest BCUT2D eigenvalue weighted by molar-refractivity contribution is 5.81. The highest BCUT2D eigenvalue weighted by atomic mass is 16.8. The normalized spacial score (nSPS) is 21.5. The molecule has 3 rings (SSSR count). The van der Waals surface area contributed by atoms with Gasteiger partial charge in [0.25, 0.3) is 5.79 Å². The Kier molecular flexibility index (Phi) is 12.4. The Morgan fingerprint density at radius 3 is 1.80 bits per heavy atom. The number of hydrogen-bond acceptors (Lipinski definition) is 14. The van der Waals surface area contributed by atoms with E-state index in [2.05, 4.69) is 5.32 Å². The van der Waals surface area contributed by atoms with Gasteiger partial charge >= 0.3 is 36.1 Å². The largest absolute Gasteiger partial charge is 0.509 e. The lowest BCUT2D eigenvalue weighted by molar-refractivity contribution is -0.316. The second kappa shape index (κ2) is 16.2. The molecule has 1 aliphatic heterocycles. The molecule has 2 aromatic rings. The van der Waals surface area contributed by atoms with Gasteiger partial charge in [0.2, 0.25) is 18.5 Å². The Balaban J connectivity index is 2.05. The van der Waals surface area contributed by atoms with Crippen molar-refractivity contribution in [3.63, 3.8) is 0 Å². The van der Waals surface area contributed by atoms with Crippen LogP contribution < -0.4 is 5.32 Å². The molecule has 248 valence electrons. The Hall–Kier alpha value is -5.22. The summed E-state index contributed by atoms with van der Waals surface area (Å²) >= 11 is 0. The second-order valence-corrected chi connectivity index (χ2v) is 9.71. The molecule has 0 saturated carbocycles. The summed E-state index contributed by atoms with van der Waals surface area (Å²) in [6.45, 7) is 2.34. The zero-order valence-corrected chi connectivity index (χ0v) is 25.2. The molecular formula is C30H33NO15. The first-order valence-corrected chi connectivity index (χ1v) is 13.7. The zero-order valence-electron chi connectivity index (χ0n) is 25.2. The SMILES string of the molecule is CO[C@@]1([C@H](OC(=O)OCc2ccccc2)[C@@H](NC(=O)OCc2ccccc2)C(=O)O)O[C@H](OC(C)=O)[C@H](OC(C)=O)[C@H]1OC(C)=O. The molecule has 2 N–H and O–H groups in total. The van der Waals surface area contributed by atoms with Crippen molar-refractivity contribution >= 4 is 36.1 Å². The topological polar surface area (TPSA) is 209 Å². The maximum absolute atomic E-state index is 13.0. The van der Waals surface area contributed by atoms with E-state index in [9.17, 15) is 33.9 Å². The number of hydrogen-bond donors (Lipinski definition) is 2. The molecule has 0 aromatic heterocycles. The van der Waals surface area contributed by atoms with Gasteiger partial charge in [0.15, 0.2) is 12.1 Å². The highest BCUT2D eigenvalue weighted by Gasteiger charge is 2.69. The number of carboxylic acids is 1. The van der Waals surface area contributed by atoms with Crippen LogP contribution in [0.15, 0.2) is 60.7 Å². The molecule has 1 fully saturated rings. The number of esters is 3. The Bertz CT molecular complexity index is 1390. The minimum absolute atomic E-state index is 0.269. The van der Waals surface area contributed by atoms with Crippen LogP contribution in [0.3, 0.4) is 0 Å².